The van der Waals surface area contributed by atoms with Gasteiger partial charge in [-0.3, -0.25) is 9.88 Å². The zero-order valence-electron chi connectivity index (χ0n) is 15.3. The Kier molecular flexibility index (Phi) is 5.88. The number of phenols is 1. The predicted octanol–water partition coefficient (Wildman–Crippen LogP) is 5.26. The number of halogens is 1. The van der Waals surface area contributed by atoms with Crippen LogP contribution in [0.25, 0.3) is 10.9 Å². The number of nitroso groups, excluding NO2 is 1. The summed E-state index contributed by atoms with van der Waals surface area (Å²) in [6.45, 7) is 6.46. The van der Waals surface area contributed by atoms with Gasteiger partial charge in [-0.2, -0.15) is 5.01 Å². The molecule has 0 saturated heterocycles. The van der Waals surface area contributed by atoms with Gasteiger partial charge in [0.25, 0.3) is 0 Å². The van der Waals surface area contributed by atoms with Crippen molar-refractivity contribution in [2.75, 3.05) is 18.1 Å². The SMILES string of the molecule is CCN(CC)Cc1cc(N(N=O)c2ccnc3cc(Cl)ccc23)ccc1O. The number of rotatable bonds is 7. The van der Waals surface area contributed by atoms with Gasteiger partial charge >= 0.3 is 0 Å². The zero-order valence-corrected chi connectivity index (χ0v) is 16.0. The largest absolute Gasteiger partial charge is 0.508 e. The van der Waals surface area contributed by atoms with Crippen molar-refractivity contribution in [3.8, 4) is 5.75 Å². The van der Waals surface area contributed by atoms with Gasteiger partial charge in [-0.05, 0) is 55.6 Å². The van der Waals surface area contributed by atoms with E-state index in [0.29, 0.717) is 28.5 Å². The summed E-state index contributed by atoms with van der Waals surface area (Å²) in [7, 11) is 0. The van der Waals surface area contributed by atoms with Crippen molar-refractivity contribution in [3.63, 3.8) is 0 Å². The number of pyridine rings is 1. The lowest BCUT2D eigenvalue weighted by molar-refractivity contribution is 0.291. The molecule has 0 saturated carbocycles. The van der Waals surface area contributed by atoms with Crippen molar-refractivity contribution >= 4 is 33.9 Å². The molecule has 0 radical (unpaired) electrons. The molecule has 3 aromatic rings. The van der Waals surface area contributed by atoms with E-state index in [-0.39, 0.29) is 5.75 Å². The Hall–Kier alpha value is -2.70. The highest BCUT2D eigenvalue weighted by Gasteiger charge is 2.16. The van der Waals surface area contributed by atoms with E-state index in [1.165, 1.54) is 5.01 Å². The molecular formula is C20H21ClN4O2. The van der Waals surface area contributed by atoms with Crippen LogP contribution in [-0.2, 0) is 6.54 Å². The van der Waals surface area contributed by atoms with E-state index in [1.807, 2.05) is 6.07 Å². The van der Waals surface area contributed by atoms with Crippen molar-refractivity contribution in [2.45, 2.75) is 20.4 Å². The summed E-state index contributed by atoms with van der Waals surface area (Å²) in [5.74, 6) is 0.197. The van der Waals surface area contributed by atoms with Gasteiger partial charge in [0.1, 0.15) is 5.75 Å². The van der Waals surface area contributed by atoms with Crippen LogP contribution in [0.5, 0.6) is 5.75 Å². The van der Waals surface area contributed by atoms with Crippen molar-refractivity contribution in [3.05, 3.63) is 64.2 Å². The van der Waals surface area contributed by atoms with Crippen LogP contribution >= 0.6 is 11.6 Å². The number of aromatic nitrogens is 1. The van der Waals surface area contributed by atoms with Gasteiger partial charge in [-0.1, -0.05) is 25.4 Å². The van der Waals surface area contributed by atoms with E-state index in [9.17, 15) is 10.0 Å². The minimum Gasteiger partial charge on any atom is -0.508 e. The lowest BCUT2D eigenvalue weighted by atomic mass is 10.1. The molecule has 0 atom stereocenters. The first kappa shape index (κ1) is 19.1. The lowest BCUT2D eigenvalue weighted by Crippen LogP contribution is -2.22. The Morgan fingerprint density at radius 2 is 1.89 bits per heavy atom. The maximum absolute atomic E-state index is 11.7. The molecule has 0 amide bonds. The van der Waals surface area contributed by atoms with Gasteiger partial charge in [0.2, 0.25) is 0 Å². The summed E-state index contributed by atoms with van der Waals surface area (Å²) in [5, 5.41) is 16.1. The van der Waals surface area contributed by atoms with Crippen LogP contribution in [0, 0.1) is 4.91 Å². The van der Waals surface area contributed by atoms with Crippen molar-refractivity contribution in [1.82, 2.24) is 9.88 Å². The first-order valence-electron chi connectivity index (χ1n) is 8.79. The fourth-order valence-corrected chi connectivity index (χ4v) is 3.21. The van der Waals surface area contributed by atoms with Crippen molar-refractivity contribution in [2.24, 2.45) is 5.29 Å². The maximum atomic E-state index is 11.7. The summed E-state index contributed by atoms with van der Waals surface area (Å²) in [4.78, 5) is 18.2. The smallest absolute Gasteiger partial charge is 0.120 e. The van der Waals surface area contributed by atoms with Gasteiger partial charge < -0.3 is 5.11 Å². The van der Waals surface area contributed by atoms with E-state index in [0.717, 1.165) is 24.0 Å². The number of nitrogens with zero attached hydrogens (tertiary/aromatic N) is 4. The minimum atomic E-state index is 0.197. The molecule has 0 spiro atoms. The fraction of sp³-hybridized carbons (Fsp3) is 0.250. The molecule has 1 heterocycles. The highest BCUT2D eigenvalue weighted by Crippen LogP contribution is 2.35. The second-order valence-corrected chi connectivity index (χ2v) is 6.60. The molecule has 0 aliphatic heterocycles. The molecule has 7 heteroatoms. The third-order valence-corrected chi connectivity index (χ3v) is 4.82. The van der Waals surface area contributed by atoms with Crippen molar-refractivity contribution < 1.29 is 5.11 Å². The standard InChI is InChI=1S/C20H21ClN4O2/c1-3-24(4-2)13-14-11-16(6-8-20(14)26)25(23-27)19-9-10-22-18-12-15(21)5-7-17(18)19/h5-12,26H,3-4,13H2,1-2H3. The number of hydrogen-bond donors (Lipinski definition) is 1. The molecule has 0 aliphatic carbocycles. The third kappa shape index (κ3) is 4.02. The van der Waals surface area contributed by atoms with Gasteiger partial charge in [0, 0.05) is 28.7 Å². The monoisotopic (exact) mass is 384 g/mol. The molecule has 0 aliphatic rings. The molecule has 1 aromatic heterocycles. The highest BCUT2D eigenvalue weighted by atomic mass is 35.5. The molecule has 1 N–H and O–H groups in total. The molecule has 2 aromatic carbocycles. The molecule has 0 fully saturated rings. The first-order chi connectivity index (χ1) is 13.1. The molecule has 27 heavy (non-hydrogen) atoms. The third-order valence-electron chi connectivity index (χ3n) is 4.59. The summed E-state index contributed by atoms with van der Waals surface area (Å²) in [6, 6.07) is 12.1. The van der Waals surface area contributed by atoms with Gasteiger partial charge in [-0.25, -0.2) is 0 Å². The molecule has 140 valence electrons. The average molecular weight is 385 g/mol. The second-order valence-electron chi connectivity index (χ2n) is 6.16. The van der Waals surface area contributed by atoms with Crippen LogP contribution in [-0.4, -0.2) is 28.1 Å². The number of anilines is 2. The summed E-state index contributed by atoms with van der Waals surface area (Å²) in [6.07, 6.45) is 1.61. The number of fused-ring (bicyclic) bond motifs is 1. The van der Waals surface area contributed by atoms with Gasteiger partial charge in [0.05, 0.1) is 22.2 Å². The van der Waals surface area contributed by atoms with Gasteiger partial charge in [0.15, 0.2) is 0 Å². The quantitative estimate of drug-likeness (QED) is 0.444. The van der Waals surface area contributed by atoms with Crippen LogP contribution in [0.4, 0.5) is 11.4 Å². The zero-order chi connectivity index (χ0) is 19.4. The normalized spacial score (nSPS) is 11.1. The summed E-state index contributed by atoms with van der Waals surface area (Å²) in [5.41, 5.74) is 2.60. The number of phenolic OH excluding ortho intramolecular Hbond substituents is 1. The molecule has 3 rings (SSSR count). The molecule has 0 unspecified atom stereocenters. The Labute approximate surface area is 162 Å². The highest BCUT2D eigenvalue weighted by molar-refractivity contribution is 6.31. The Bertz CT molecular complexity index is 960. The minimum absolute atomic E-state index is 0.197. The Balaban J connectivity index is 2.05. The topological polar surface area (TPSA) is 69.0 Å². The van der Waals surface area contributed by atoms with E-state index in [4.69, 9.17) is 11.6 Å². The maximum Gasteiger partial charge on any atom is 0.120 e. The molecule has 0 bridgehead atoms. The van der Waals surface area contributed by atoms with Crippen LogP contribution in [0.3, 0.4) is 0 Å². The lowest BCUT2D eigenvalue weighted by Gasteiger charge is -2.21. The predicted molar refractivity (Wildman–Crippen MR) is 109 cm³/mol. The Morgan fingerprint density at radius 1 is 1.11 bits per heavy atom. The second kappa shape index (κ2) is 8.33. The number of benzene rings is 2. The van der Waals surface area contributed by atoms with E-state index < -0.39 is 0 Å². The first-order valence-corrected chi connectivity index (χ1v) is 9.17. The molecule has 6 nitrogen and oxygen atoms in total. The average Bonchev–Trinajstić information content (AvgIpc) is 2.68. The van der Waals surface area contributed by atoms with Crippen LogP contribution in [0.1, 0.15) is 19.4 Å². The summed E-state index contributed by atoms with van der Waals surface area (Å²) >= 11 is 6.04. The van der Waals surface area contributed by atoms with E-state index in [2.05, 4.69) is 29.0 Å². The molecular weight excluding hydrogens is 364 g/mol. The van der Waals surface area contributed by atoms with Crippen LogP contribution < -0.4 is 5.01 Å². The van der Waals surface area contributed by atoms with Gasteiger partial charge in [-0.15, -0.1) is 4.91 Å². The fourth-order valence-electron chi connectivity index (χ4n) is 3.04. The Morgan fingerprint density at radius 3 is 2.59 bits per heavy atom. The van der Waals surface area contributed by atoms with E-state index in [1.54, 1.807) is 42.6 Å². The van der Waals surface area contributed by atoms with E-state index >= 15 is 0 Å². The number of hydrogen-bond acceptors (Lipinski definition) is 5. The van der Waals surface area contributed by atoms with Crippen molar-refractivity contribution in [1.29, 1.82) is 0 Å². The summed E-state index contributed by atoms with van der Waals surface area (Å²) < 4.78 is 0. The van der Waals surface area contributed by atoms with Crippen LogP contribution in [0.2, 0.25) is 5.02 Å². The number of aromatic hydroxyl groups is 1. The van der Waals surface area contributed by atoms with Crippen LogP contribution in [0.15, 0.2) is 53.9 Å².